The number of aliphatic hydroxyl groups is 1. The lowest BCUT2D eigenvalue weighted by atomic mass is 9.90. The van der Waals surface area contributed by atoms with Crippen molar-refractivity contribution < 1.29 is 67.1 Å². The van der Waals surface area contributed by atoms with Crippen LogP contribution in [0.5, 0.6) is 34.5 Å². The van der Waals surface area contributed by atoms with Gasteiger partial charge in [0.15, 0.2) is 11.6 Å². The topological polar surface area (TPSA) is 275 Å². The van der Waals surface area contributed by atoms with Crippen LogP contribution in [0.2, 0.25) is 5.02 Å². The van der Waals surface area contributed by atoms with Gasteiger partial charge in [-0.1, -0.05) is 163 Å². The van der Waals surface area contributed by atoms with E-state index in [0.717, 1.165) is 74.5 Å². The second-order valence-corrected chi connectivity index (χ2v) is 32.0. The lowest BCUT2D eigenvalue weighted by Gasteiger charge is -2.40. The molecule has 672 valence electrons. The number of carbonyl (C=O) groups is 8. The molecule has 0 aliphatic carbocycles. The number of anilines is 7. The summed E-state index contributed by atoms with van der Waals surface area (Å²) in [6.07, 6.45) is 2.01. The van der Waals surface area contributed by atoms with Crippen molar-refractivity contribution in [1.29, 1.82) is 0 Å². The highest BCUT2D eigenvalue weighted by Crippen LogP contribution is 2.42. The van der Waals surface area contributed by atoms with Gasteiger partial charge in [-0.05, 0) is 268 Å². The minimum Gasteiger partial charge on any atom is -0.466 e. The molecule has 7 atom stereocenters. The van der Waals surface area contributed by atoms with Crippen LogP contribution >= 0.6 is 11.6 Å². The number of ketones is 3. The van der Waals surface area contributed by atoms with E-state index in [1.54, 1.807) is 71.3 Å². The summed E-state index contributed by atoms with van der Waals surface area (Å²) in [6.45, 7) is 15.6. The number of rotatable bonds is 19. The van der Waals surface area contributed by atoms with E-state index in [2.05, 4.69) is 33.7 Å². The SMILES string of the molecule is CC1CC(=O)c2ccccc2N1.CC1CC(=O)c2ccccc2N1C(=O)c1ccc(Oc2ccccc2)cc1.CC1CC(Nc2ccc(Cl)cc2)c2ccccc2N1C(=O)c1ccc(Oc2ccccc2)cc1.CC1CC(O)c2ccccc2N1C(=O)c1ccc(Oc2ccccc2)cc1.CCOC(=O)CC(C)=O.CCOC(=O)CC(C)Nc1ccccc1.Nc1ccccc1. The summed E-state index contributed by atoms with van der Waals surface area (Å²) in [4.78, 5) is 101. The Morgan fingerprint density at radius 3 is 1.27 bits per heavy atom. The van der Waals surface area contributed by atoms with Gasteiger partial charge in [-0.2, -0.15) is 0 Å². The van der Waals surface area contributed by atoms with Crippen molar-refractivity contribution in [2.45, 2.75) is 136 Å². The first-order valence-corrected chi connectivity index (χ1v) is 44.1. The fourth-order valence-corrected chi connectivity index (χ4v) is 15.2. The number of benzene rings is 13. The molecule has 22 heteroatoms. The Balaban J connectivity index is 0.000000156. The Bertz CT molecular complexity index is 5890. The Hall–Kier alpha value is -14.9. The molecule has 131 heavy (non-hydrogen) atoms. The molecule has 0 saturated heterocycles. The summed E-state index contributed by atoms with van der Waals surface area (Å²) in [5.41, 5.74) is 16.7. The summed E-state index contributed by atoms with van der Waals surface area (Å²) < 4.78 is 26.8. The molecule has 21 nitrogen and oxygen atoms in total. The van der Waals surface area contributed by atoms with Crippen LogP contribution in [-0.4, -0.2) is 95.5 Å². The van der Waals surface area contributed by atoms with Gasteiger partial charge in [-0.15, -0.1) is 0 Å². The maximum atomic E-state index is 13.6. The monoisotopic (exact) mass is 1780 g/mol. The maximum absolute atomic E-state index is 13.6. The van der Waals surface area contributed by atoms with Gasteiger partial charge in [-0.3, -0.25) is 38.4 Å². The van der Waals surface area contributed by atoms with Gasteiger partial charge >= 0.3 is 11.9 Å². The molecule has 6 N–H and O–H groups in total. The molecule has 0 spiro atoms. The number of nitrogens with two attached hydrogens (primary N) is 1. The molecule has 3 amide bonds. The van der Waals surface area contributed by atoms with Crippen molar-refractivity contribution in [1.82, 2.24) is 0 Å². The first-order valence-electron chi connectivity index (χ1n) is 43.7. The lowest BCUT2D eigenvalue weighted by Crippen LogP contribution is -2.44. The predicted molar refractivity (Wildman–Crippen MR) is 520 cm³/mol. The molecule has 7 unspecified atom stereocenters. The van der Waals surface area contributed by atoms with Crippen molar-refractivity contribution in [2.75, 3.05) is 49.6 Å². The molecular weight excluding hydrogens is 1670 g/mol. The summed E-state index contributed by atoms with van der Waals surface area (Å²) in [5.74, 6) is 3.66. The van der Waals surface area contributed by atoms with E-state index in [9.17, 15) is 43.5 Å². The van der Waals surface area contributed by atoms with Gasteiger partial charge in [0.05, 0.1) is 43.2 Å². The number of nitrogen functional groups attached to an aromatic ring is 1. The van der Waals surface area contributed by atoms with Gasteiger partial charge < -0.3 is 65.2 Å². The first-order chi connectivity index (χ1) is 63.4. The highest BCUT2D eigenvalue weighted by Gasteiger charge is 2.37. The number of hydrogen-bond donors (Lipinski definition) is 5. The van der Waals surface area contributed by atoms with Crippen LogP contribution in [0.4, 0.5) is 39.8 Å². The van der Waals surface area contributed by atoms with Crippen molar-refractivity contribution >= 4 is 98.4 Å². The summed E-state index contributed by atoms with van der Waals surface area (Å²) in [5, 5.41) is 21.1. The van der Waals surface area contributed by atoms with Crippen molar-refractivity contribution in [3.63, 3.8) is 0 Å². The number of esters is 2. The number of fused-ring (bicyclic) bond motifs is 4. The quantitative estimate of drug-likeness (QED) is 0.0286. The fourth-order valence-electron chi connectivity index (χ4n) is 15.1. The second-order valence-electron chi connectivity index (χ2n) is 31.6. The Labute approximate surface area is 771 Å². The second kappa shape index (κ2) is 48.9. The number of amides is 3. The smallest absolute Gasteiger partial charge is 0.313 e. The van der Waals surface area contributed by atoms with Crippen LogP contribution in [-0.2, 0) is 23.9 Å². The summed E-state index contributed by atoms with van der Waals surface area (Å²) in [6, 6.07) is 108. The van der Waals surface area contributed by atoms with Crippen molar-refractivity contribution in [3.8, 4) is 34.5 Å². The molecule has 0 fully saturated rings. The third-order valence-corrected chi connectivity index (χ3v) is 21.5. The number of nitrogens with zero attached hydrogens (tertiary/aromatic N) is 3. The van der Waals surface area contributed by atoms with Crippen LogP contribution < -0.4 is 50.6 Å². The molecule has 13 aromatic carbocycles. The van der Waals surface area contributed by atoms with E-state index in [-0.39, 0.29) is 83.7 Å². The third kappa shape index (κ3) is 28.5. The minimum atomic E-state index is -0.540. The first kappa shape index (κ1) is 96.7. The minimum absolute atomic E-state index is 0.0174. The zero-order chi connectivity index (χ0) is 93.1. The van der Waals surface area contributed by atoms with Gasteiger partial charge in [0.2, 0.25) is 0 Å². The fraction of sp³-hybridized carbons (Fsp3) is 0.211. The number of carbonyl (C=O) groups excluding carboxylic acids is 8. The molecule has 0 saturated carbocycles. The molecule has 4 aliphatic rings. The van der Waals surface area contributed by atoms with Gasteiger partial charge in [-0.25, -0.2) is 0 Å². The molecule has 0 radical (unpaired) electrons. The third-order valence-electron chi connectivity index (χ3n) is 21.2. The summed E-state index contributed by atoms with van der Waals surface area (Å²) in [7, 11) is 0. The number of ether oxygens (including phenoxy) is 5. The lowest BCUT2D eigenvalue weighted by molar-refractivity contribution is -0.145. The molecule has 4 aliphatic heterocycles. The number of para-hydroxylation sites is 9. The molecular formula is C109H110ClN7O14. The number of Topliss-reactive ketones (excluding diaryl/α,β-unsaturated/α-hetero) is 3. The van der Waals surface area contributed by atoms with Crippen LogP contribution in [0.15, 0.2) is 346 Å². The highest BCUT2D eigenvalue weighted by molar-refractivity contribution is 6.30. The average molecular weight is 1780 g/mol. The molecule has 0 bridgehead atoms. The van der Waals surface area contributed by atoms with Crippen LogP contribution in [0.25, 0.3) is 0 Å². The van der Waals surface area contributed by atoms with Gasteiger partial charge in [0.25, 0.3) is 17.7 Å². The molecule has 0 aromatic heterocycles. The van der Waals surface area contributed by atoms with Crippen LogP contribution in [0.3, 0.4) is 0 Å². The van der Waals surface area contributed by atoms with Gasteiger partial charge in [0.1, 0.15) is 46.7 Å². The Morgan fingerprint density at radius 2 is 0.809 bits per heavy atom. The van der Waals surface area contributed by atoms with Crippen LogP contribution in [0.1, 0.15) is 169 Å². The van der Waals surface area contributed by atoms with E-state index < -0.39 is 12.1 Å². The van der Waals surface area contributed by atoms with Crippen molar-refractivity contribution in [2.24, 2.45) is 0 Å². The number of aliphatic hydroxyl groups excluding tert-OH is 1. The van der Waals surface area contributed by atoms with E-state index in [0.29, 0.717) is 89.1 Å². The zero-order valence-electron chi connectivity index (χ0n) is 74.7. The average Bonchev–Trinajstić information content (AvgIpc) is 0.787. The van der Waals surface area contributed by atoms with Gasteiger partial charge in [0, 0.05) is 110 Å². The van der Waals surface area contributed by atoms with E-state index >= 15 is 0 Å². The molecule has 4 heterocycles. The summed E-state index contributed by atoms with van der Waals surface area (Å²) >= 11 is 6.04. The normalized spacial score (nSPS) is 15.9. The predicted octanol–water partition coefficient (Wildman–Crippen LogP) is 24.1. The van der Waals surface area contributed by atoms with E-state index in [4.69, 9.17) is 36.3 Å². The van der Waals surface area contributed by atoms with E-state index in [1.165, 1.54) is 6.92 Å². The zero-order valence-corrected chi connectivity index (χ0v) is 75.4. The van der Waals surface area contributed by atoms with Crippen molar-refractivity contribution in [3.05, 3.63) is 390 Å². The number of nitrogens with one attached hydrogen (secondary N) is 3. The van der Waals surface area contributed by atoms with E-state index in [1.807, 2.05) is 325 Å². The highest BCUT2D eigenvalue weighted by atomic mass is 35.5. The maximum Gasteiger partial charge on any atom is 0.313 e. The standard InChI is InChI=1S/C29H25ClN2O2.C23H21NO3.C23H19NO3.C12H17NO2.C10H11NO.C6H7N.C6H10O3/c1-20-19-27(31-23-15-13-22(30)14-16-23)26-9-5-6-10-28(26)32(20)29(33)21-11-17-25(18-12-21)34-24-7-3-2-4-8-24;2*1-16-15-22(25)20-9-5-6-10-21(20)24(16)23(26)17-11-13-19(14-12-17)27-18-7-3-2-4-8-18;1-3-15-12(14)9-10(2)13-11-7-5-4-6-8-11;1-7-6-10(12)8-4-2-3-5-9(8)11-7;7-6-4-2-1-3-5-6;1-3-9-6(8)4-5(2)7/h2-18,20,27,31H,19H2,1H3;2-14,16,22,25H,15H2,1H3;2-14,16H,15H2,1H3;4-8,10,13H,3,9H2,1-2H3;2-5,7,11H,6H2,1H3;1-5H,7H2;3-4H2,1-2H3. The van der Waals surface area contributed by atoms with Crippen LogP contribution in [0, 0.1) is 0 Å². The number of halogens is 1. The molecule has 13 aromatic rings. The largest absolute Gasteiger partial charge is 0.466 e. The number of hydrogen-bond acceptors (Lipinski definition) is 18. The Morgan fingerprint density at radius 1 is 0.427 bits per heavy atom. The Kier molecular flexibility index (Phi) is 36.1. The molecule has 17 rings (SSSR count).